The summed E-state index contributed by atoms with van der Waals surface area (Å²) in [6.07, 6.45) is -6.49. The lowest BCUT2D eigenvalue weighted by Crippen LogP contribution is -2.45. The number of halogens is 1. The number of nitrogens with zero attached hydrogens (tertiary/aromatic N) is 7. The normalized spacial score (nSPS) is 33.5. The van der Waals surface area contributed by atoms with Crippen LogP contribution in [0.3, 0.4) is 0 Å². The molecule has 3 fully saturated rings. The van der Waals surface area contributed by atoms with Crippen LogP contribution in [0.1, 0.15) is 12.5 Å². The van der Waals surface area contributed by atoms with Gasteiger partial charge in [0.1, 0.15) is 41.9 Å². The first kappa shape index (κ1) is 28.1. The standard InChI is InChI=1S/C21H24FN10O10P/c22-8-7(1-33)40-18(32-6-28-10-16(32)29-20(24)30-17(10)35)11(8)42-43(36,37)39-3-21-2-38-12(13(21)34)19(41-21)31-5-27-9-14(23)25-4-26-15(9)31/h4-8,11-13,18-19,33-34H,1-3H2,(H,36,37)(H2,23,25,26)(H3,24,29,30,35)/t7-,8-,11-,12-,13+,18-,19-,21-/m1/s1. The first-order valence-corrected chi connectivity index (χ1v) is 14.2. The lowest BCUT2D eigenvalue weighted by Gasteiger charge is -2.31. The van der Waals surface area contributed by atoms with Crippen LogP contribution in [-0.2, 0) is 27.8 Å². The molecule has 43 heavy (non-hydrogen) atoms. The van der Waals surface area contributed by atoms with Crippen LogP contribution in [0.4, 0.5) is 16.2 Å². The molecule has 7 heterocycles. The number of nitrogens with two attached hydrogens (primary N) is 2. The first-order chi connectivity index (χ1) is 20.5. The Morgan fingerprint density at radius 1 is 1.16 bits per heavy atom. The molecule has 0 radical (unpaired) electrons. The van der Waals surface area contributed by atoms with Gasteiger partial charge in [-0.05, 0) is 0 Å². The zero-order chi connectivity index (χ0) is 30.3. The highest BCUT2D eigenvalue weighted by molar-refractivity contribution is 7.47. The number of aromatic amines is 1. The predicted molar refractivity (Wildman–Crippen MR) is 137 cm³/mol. The molecule has 9 atom stereocenters. The van der Waals surface area contributed by atoms with Crippen molar-refractivity contribution in [2.45, 2.75) is 48.6 Å². The summed E-state index contributed by atoms with van der Waals surface area (Å²) in [7, 11) is -5.13. The molecule has 4 aromatic heterocycles. The van der Waals surface area contributed by atoms with Gasteiger partial charge in [0, 0.05) is 0 Å². The van der Waals surface area contributed by atoms with Gasteiger partial charge >= 0.3 is 7.82 Å². The summed E-state index contributed by atoms with van der Waals surface area (Å²) in [6.45, 7) is -1.73. The van der Waals surface area contributed by atoms with E-state index < -0.39 is 75.2 Å². The average molecular weight is 626 g/mol. The number of rotatable bonds is 8. The zero-order valence-electron chi connectivity index (χ0n) is 21.7. The number of aliphatic hydroxyl groups excluding tert-OH is 2. The van der Waals surface area contributed by atoms with E-state index in [4.69, 9.17) is 34.7 Å². The lowest BCUT2D eigenvalue weighted by molar-refractivity contribution is -0.184. The van der Waals surface area contributed by atoms with Crippen LogP contribution in [0.5, 0.6) is 0 Å². The molecule has 0 amide bonds. The fourth-order valence-electron chi connectivity index (χ4n) is 5.48. The maximum Gasteiger partial charge on any atom is 0.472 e. The molecule has 3 aliphatic rings. The van der Waals surface area contributed by atoms with Crippen molar-refractivity contribution in [2.75, 3.05) is 31.3 Å². The quantitative estimate of drug-likeness (QED) is 0.114. The minimum Gasteiger partial charge on any atom is -0.394 e. The van der Waals surface area contributed by atoms with Crippen LogP contribution >= 0.6 is 7.82 Å². The summed E-state index contributed by atoms with van der Waals surface area (Å²) in [5, 5.41) is 20.6. The van der Waals surface area contributed by atoms with Gasteiger partial charge in [0.25, 0.3) is 5.56 Å². The van der Waals surface area contributed by atoms with Gasteiger partial charge < -0.3 is 40.8 Å². The summed E-state index contributed by atoms with van der Waals surface area (Å²) in [4.78, 5) is 45.2. The van der Waals surface area contributed by atoms with Gasteiger partial charge in [0.05, 0.1) is 32.5 Å². The molecule has 2 bridgehead atoms. The second kappa shape index (κ2) is 9.94. The van der Waals surface area contributed by atoms with E-state index in [1.54, 1.807) is 0 Å². The lowest BCUT2D eigenvalue weighted by atomic mass is 10.0. The highest BCUT2D eigenvalue weighted by atomic mass is 31.2. The number of imidazole rings is 2. The number of hydrogen-bond donors (Lipinski definition) is 6. The predicted octanol–water partition coefficient (Wildman–Crippen LogP) is -2.12. The van der Waals surface area contributed by atoms with E-state index in [1.807, 2.05) is 0 Å². The summed E-state index contributed by atoms with van der Waals surface area (Å²) in [6, 6.07) is 0. The minimum absolute atomic E-state index is 0.125. The second-order valence-corrected chi connectivity index (χ2v) is 11.6. The van der Waals surface area contributed by atoms with Gasteiger partial charge in [-0.3, -0.25) is 28.0 Å². The zero-order valence-corrected chi connectivity index (χ0v) is 22.6. The molecule has 0 saturated carbocycles. The van der Waals surface area contributed by atoms with Crippen LogP contribution < -0.4 is 17.0 Å². The fraction of sp³-hybridized carbons (Fsp3) is 0.524. The molecule has 0 spiro atoms. The van der Waals surface area contributed by atoms with E-state index in [1.165, 1.54) is 17.2 Å². The van der Waals surface area contributed by atoms with Crippen LogP contribution in [0.15, 0.2) is 23.8 Å². The topological polar surface area (TPSA) is 283 Å². The fourth-order valence-corrected chi connectivity index (χ4v) is 6.45. The smallest absolute Gasteiger partial charge is 0.394 e. The average Bonchev–Trinajstić information content (AvgIpc) is 3.77. The molecular weight excluding hydrogens is 602 g/mol. The Bertz CT molecular complexity index is 1820. The third-order valence-corrected chi connectivity index (χ3v) is 8.53. The van der Waals surface area contributed by atoms with Crippen molar-refractivity contribution in [3.05, 3.63) is 29.3 Å². The number of aromatic nitrogens is 8. The molecule has 1 unspecified atom stereocenters. The van der Waals surface area contributed by atoms with Crippen LogP contribution in [0, 0.1) is 0 Å². The SMILES string of the molecule is Nc1nc2c(ncn2[C@@H]2O[C@H](CO)[C@@H](F)[C@H]2OP(=O)(O)OC[C@@]23CO[C@@H]([C@H](n4cnc5c(N)ncnc54)O2)[C@@H]3O)c(=O)[nH]1. The van der Waals surface area contributed by atoms with E-state index in [2.05, 4.69) is 29.9 Å². The Kier molecular flexibility index (Phi) is 6.50. The third kappa shape index (κ3) is 4.39. The van der Waals surface area contributed by atoms with Crippen LogP contribution in [0.2, 0.25) is 0 Å². The number of anilines is 2. The third-order valence-electron chi connectivity index (χ3n) is 7.56. The summed E-state index contributed by atoms with van der Waals surface area (Å²) >= 11 is 0. The van der Waals surface area contributed by atoms with E-state index in [9.17, 15) is 24.5 Å². The van der Waals surface area contributed by atoms with Gasteiger partial charge in [-0.25, -0.2) is 28.9 Å². The van der Waals surface area contributed by atoms with Gasteiger partial charge in [0.2, 0.25) is 5.95 Å². The van der Waals surface area contributed by atoms with E-state index in [0.29, 0.717) is 11.2 Å². The van der Waals surface area contributed by atoms with Crippen molar-refractivity contribution < 1.29 is 47.3 Å². The molecule has 0 aromatic carbocycles. The maximum atomic E-state index is 15.3. The Balaban J connectivity index is 1.11. The molecule has 4 aromatic rings. The minimum atomic E-state index is -5.13. The van der Waals surface area contributed by atoms with Crippen molar-refractivity contribution in [1.82, 2.24) is 39.0 Å². The molecule has 7 rings (SSSR count). The highest BCUT2D eigenvalue weighted by Gasteiger charge is 2.63. The molecular formula is C21H24FN10O10P. The molecule has 8 N–H and O–H groups in total. The molecule has 20 nitrogen and oxygen atoms in total. The Morgan fingerprint density at radius 3 is 2.67 bits per heavy atom. The Morgan fingerprint density at radius 2 is 1.91 bits per heavy atom. The number of H-pyrrole nitrogens is 1. The number of ether oxygens (including phenoxy) is 3. The number of hydrogen-bond acceptors (Lipinski definition) is 16. The molecule has 22 heteroatoms. The van der Waals surface area contributed by atoms with Gasteiger partial charge in [0.15, 0.2) is 41.3 Å². The van der Waals surface area contributed by atoms with Crippen LogP contribution in [0.25, 0.3) is 22.3 Å². The second-order valence-electron chi connectivity index (χ2n) is 10.2. The van der Waals surface area contributed by atoms with Crippen molar-refractivity contribution in [3.8, 4) is 0 Å². The summed E-state index contributed by atoms with van der Waals surface area (Å²) in [5.41, 5.74) is 9.47. The molecule has 3 aliphatic heterocycles. The number of nitrogens with one attached hydrogen (secondary N) is 1. The monoisotopic (exact) mass is 626 g/mol. The van der Waals surface area contributed by atoms with Gasteiger partial charge in [-0.1, -0.05) is 0 Å². The maximum absolute atomic E-state index is 15.3. The number of fused-ring (bicyclic) bond motifs is 4. The molecule has 0 aliphatic carbocycles. The summed E-state index contributed by atoms with van der Waals surface area (Å²) < 4.78 is 58.8. The summed E-state index contributed by atoms with van der Waals surface area (Å²) in [5.74, 6) is -0.144. The van der Waals surface area contributed by atoms with Gasteiger partial charge in [-0.15, -0.1) is 0 Å². The van der Waals surface area contributed by atoms with E-state index >= 15 is 4.39 Å². The number of phosphoric ester groups is 1. The van der Waals surface area contributed by atoms with Crippen molar-refractivity contribution in [3.63, 3.8) is 0 Å². The molecule has 230 valence electrons. The van der Waals surface area contributed by atoms with Crippen molar-refractivity contribution >= 4 is 41.9 Å². The Labute approximate surface area is 238 Å². The van der Waals surface area contributed by atoms with E-state index in [0.717, 1.165) is 10.9 Å². The number of alkyl halides is 1. The number of aliphatic hydroxyl groups is 2. The first-order valence-electron chi connectivity index (χ1n) is 12.7. The molecule has 3 saturated heterocycles. The van der Waals surface area contributed by atoms with Crippen LogP contribution in [-0.4, -0.2) is 110 Å². The van der Waals surface area contributed by atoms with Crippen molar-refractivity contribution in [2.24, 2.45) is 0 Å². The number of nitrogen functional groups attached to an aromatic ring is 2. The van der Waals surface area contributed by atoms with Crippen molar-refractivity contribution in [1.29, 1.82) is 0 Å². The highest BCUT2D eigenvalue weighted by Crippen LogP contribution is 2.53. The number of phosphoric acid groups is 1. The van der Waals surface area contributed by atoms with E-state index in [-0.39, 0.29) is 29.5 Å². The Hall–Kier alpha value is -3.66. The van der Waals surface area contributed by atoms with Gasteiger partial charge in [-0.2, -0.15) is 4.98 Å². The largest absolute Gasteiger partial charge is 0.472 e.